The van der Waals surface area contributed by atoms with E-state index < -0.39 is 0 Å². The van der Waals surface area contributed by atoms with Crippen LogP contribution in [0.5, 0.6) is 11.5 Å². The second-order valence-corrected chi connectivity index (χ2v) is 6.93. The number of likely N-dealkylation sites (tertiary alicyclic amines) is 1. The lowest BCUT2D eigenvalue weighted by Gasteiger charge is -2.21. The Bertz CT molecular complexity index is 606. The van der Waals surface area contributed by atoms with Crippen molar-refractivity contribution in [2.75, 3.05) is 39.9 Å². The number of likely N-dealkylation sites (N-methyl/N-ethyl adjacent to an activating group) is 1. The summed E-state index contributed by atoms with van der Waals surface area (Å²) in [6.45, 7) is 12.3. The van der Waals surface area contributed by atoms with Gasteiger partial charge < -0.3 is 25.0 Å². The number of nitrogens with one attached hydrogen (secondary N) is 2. The molecule has 2 N–H and O–H groups in total. The van der Waals surface area contributed by atoms with E-state index >= 15 is 0 Å². The summed E-state index contributed by atoms with van der Waals surface area (Å²) in [6, 6.07) is 6.78. The lowest BCUT2D eigenvalue weighted by atomic mass is 10.1. The van der Waals surface area contributed by atoms with Crippen LogP contribution in [0, 0.1) is 0 Å². The van der Waals surface area contributed by atoms with E-state index in [0.29, 0.717) is 19.3 Å². The van der Waals surface area contributed by atoms with Crippen molar-refractivity contribution in [3.63, 3.8) is 0 Å². The summed E-state index contributed by atoms with van der Waals surface area (Å²) >= 11 is 0. The first-order valence-corrected chi connectivity index (χ1v) is 10.2. The van der Waals surface area contributed by atoms with E-state index in [1.807, 2.05) is 19.9 Å². The molecule has 2 atom stereocenters. The number of hydrogen-bond acceptors (Lipinski definition) is 4. The summed E-state index contributed by atoms with van der Waals surface area (Å²) < 4.78 is 11.4. The predicted octanol–water partition coefficient (Wildman–Crippen LogP) is 3.19. The van der Waals surface area contributed by atoms with Gasteiger partial charge in [0, 0.05) is 12.6 Å². The molecule has 0 radical (unpaired) electrons. The lowest BCUT2D eigenvalue weighted by Crippen LogP contribution is -2.40. The first-order chi connectivity index (χ1) is 13.1. The quantitative estimate of drug-likeness (QED) is 0.512. The molecule has 0 spiro atoms. The topological polar surface area (TPSA) is 58.1 Å². The number of hydrogen-bond donors (Lipinski definition) is 2. The van der Waals surface area contributed by atoms with Crippen molar-refractivity contribution >= 4 is 5.96 Å². The Morgan fingerprint density at radius 1 is 1.22 bits per heavy atom. The number of aliphatic imine (C=N–C) groups is 1. The van der Waals surface area contributed by atoms with Gasteiger partial charge >= 0.3 is 0 Å². The summed E-state index contributed by atoms with van der Waals surface area (Å²) in [5.41, 5.74) is 1.14. The molecule has 1 aliphatic heterocycles. The maximum absolute atomic E-state index is 5.76. The van der Waals surface area contributed by atoms with Crippen molar-refractivity contribution < 1.29 is 9.47 Å². The van der Waals surface area contributed by atoms with E-state index in [0.717, 1.165) is 36.1 Å². The third-order valence-electron chi connectivity index (χ3n) is 4.90. The van der Waals surface area contributed by atoms with Crippen LogP contribution in [0.25, 0.3) is 0 Å². The summed E-state index contributed by atoms with van der Waals surface area (Å²) in [7, 11) is 2.19. The molecule has 2 unspecified atom stereocenters. The minimum atomic E-state index is 0.110. The van der Waals surface area contributed by atoms with Crippen LogP contribution in [0.15, 0.2) is 23.2 Å². The van der Waals surface area contributed by atoms with Gasteiger partial charge in [0.1, 0.15) is 0 Å². The molecule has 6 nitrogen and oxygen atoms in total. The molecule has 1 saturated heterocycles. The van der Waals surface area contributed by atoms with Crippen molar-refractivity contribution in [1.29, 1.82) is 0 Å². The van der Waals surface area contributed by atoms with Crippen molar-refractivity contribution in [2.24, 2.45) is 4.99 Å². The SMILES string of the molecule is CCNC(=NCC1CCCN1C)NC(C)c1ccc(OCC)c(OCC)c1. The lowest BCUT2D eigenvalue weighted by molar-refractivity contribution is 0.287. The fourth-order valence-corrected chi connectivity index (χ4v) is 3.35. The zero-order valence-electron chi connectivity index (χ0n) is 17.5. The fraction of sp³-hybridized carbons (Fsp3) is 0.667. The normalized spacial score (nSPS) is 19.0. The van der Waals surface area contributed by atoms with Crippen LogP contribution < -0.4 is 20.1 Å². The Morgan fingerprint density at radius 3 is 2.59 bits per heavy atom. The fourth-order valence-electron chi connectivity index (χ4n) is 3.35. The highest BCUT2D eigenvalue weighted by Gasteiger charge is 2.20. The second kappa shape index (κ2) is 11.0. The molecule has 1 heterocycles. The maximum atomic E-state index is 5.76. The van der Waals surface area contributed by atoms with Crippen LogP contribution in [0.3, 0.4) is 0 Å². The molecule has 1 fully saturated rings. The summed E-state index contributed by atoms with van der Waals surface area (Å²) in [5.74, 6) is 2.44. The zero-order valence-corrected chi connectivity index (χ0v) is 17.5. The smallest absolute Gasteiger partial charge is 0.191 e. The summed E-state index contributed by atoms with van der Waals surface area (Å²) in [6.07, 6.45) is 2.50. The second-order valence-electron chi connectivity index (χ2n) is 6.93. The van der Waals surface area contributed by atoms with Gasteiger partial charge in [0.05, 0.1) is 25.8 Å². The molecule has 0 aromatic heterocycles. The monoisotopic (exact) mass is 376 g/mol. The van der Waals surface area contributed by atoms with Gasteiger partial charge in [-0.15, -0.1) is 0 Å². The van der Waals surface area contributed by atoms with Gasteiger partial charge in [-0.05, 0) is 71.8 Å². The molecular weight excluding hydrogens is 340 g/mol. The maximum Gasteiger partial charge on any atom is 0.191 e. The number of rotatable bonds is 9. The Morgan fingerprint density at radius 2 is 1.96 bits per heavy atom. The molecule has 152 valence electrons. The van der Waals surface area contributed by atoms with Crippen molar-refractivity contribution in [1.82, 2.24) is 15.5 Å². The van der Waals surface area contributed by atoms with Gasteiger partial charge in [-0.3, -0.25) is 4.99 Å². The van der Waals surface area contributed by atoms with Crippen molar-refractivity contribution in [3.8, 4) is 11.5 Å². The molecule has 1 aliphatic rings. The third-order valence-corrected chi connectivity index (χ3v) is 4.90. The molecule has 1 aromatic rings. The van der Waals surface area contributed by atoms with E-state index in [-0.39, 0.29) is 6.04 Å². The molecule has 0 bridgehead atoms. The van der Waals surface area contributed by atoms with Gasteiger partial charge in [0.2, 0.25) is 0 Å². The van der Waals surface area contributed by atoms with Crippen LogP contribution in [0.1, 0.15) is 52.1 Å². The van der Waals surface area contributed by atoms with Gasteiger partial charge in [0.25, 0.3) is 0 Å². The molecule has 27 heavy (non-hydrogen) atoms. The van der Waals surface area contributed by atoms with Gasteiger partial charge in [0.15, 0.2) is 17.5 Å². The molecule has 0 amide bonds. The Hall–Kier alpha value is -1.95. The van der Waals surface area contributed by atoms with Crippen LogP contribution >= 0.6 is 0 Å². The number of ether oxygens (including phenoxy) is 2. The van der Waals surface area contributed by atoms with E-state index in [1.54, 1.807) is 0 Å². The predicted molar refractivity (Wildman–Crippen MR) is 112 cm³/mol. The number of guanidine groups is 1. The van der Waals surface area contributed by atoms with Gasteiger partial charge in [-0.2, -0.15) is 0 Å². The minimum absolute atomic E-state index is 0.110. The van der Waals surface area contributed by atoms with Gasteiger partial charge in [-0.25, -0.2) is 0 Å². The summed E-state index contributed by atoms with van der Waals surface area (Å²) in [5, 5.41) is 6.88. The average molecular weight is 377 g/mol. The number of nitrogens with zero attached hydrogens (tertiary/aromatic N) is 2. The molecule has 1 aromatic carbocycles. The van der Waals surface area contributed by atoms with E-state index in [4.69, 9.17) is 14.5 Å². The highest BCUT2D eigenvalue weighted by molar-refractivity contribution is 5.80. The van der Waals surface area contributed by atoms with E-state index in [1.165, 1.54) is 19.4 Å². The van der Waals surface area contributed by atoms with Crippen LogP contribution in [0.4, 0.5) is 0 Å². The molecule has 0 aliphatic carbocycles. The van der Waals surface area contributed by atoms with Crippen LogP contribution in [0.2, 0.25) is 0 Å². The van der Waals surface area contributed by atoms with E-state index in [9.17, 15) is 0 Å². The number of benzene rings is 1. The van der Waals surface area contributed by atoms with Crippen LogP contribution in [-0.2, 0) is 0 Å². The first kappa shape index (κ1) is 21.4. The Labute approximate surface area is 164 Å². The largest absolute Gasteiger partial charge is 0.490 e. The average Bonchev–Trinajstić information content (AvgIpc) is 3.06. The molecule has 0 saturated carbocycles. The van der Waals surface area contributed by atoms with Gasteiger partial charge in [-0.1, -0.05) is 6.07 Å². The first-order valence-electron chi connectivity index (χ1n) is 10.2. The van der Waals surface area contributed by atoms with E-state index in [2.05, 4.69) is 48.6 Å². The third kappa shape index (κ3) is 6.31. The highest BCUT2D eigenvalue weighted by Crippen LogP contribution is 2.30. The summed E-state index contributed by atoms with van der Waals surface area (Å²) in [4.78, 5) is 7.21. The zero-order chi connectivity index (χ0) is 19.6. The minimum Gasteiger partial charge on any atom is -0.490 e. The Balaban J connectivity index is 2.07. The molecular formula is C21H36N4O2. The Kier molecular flexibility index (Phi) is 8.72. The highest BCUT2D eigenvalue weighted by atomic mass is 16.5. The van der Waals surface area contributed by atoms with Crippen molar-refractivity contribution in [3.05, 3.63) is 23.8 Å². The standard InChI is InChI=1S/C21H36N4O2/c1-6-22-21(23-15-18-10-9-13-25(18)5)24-16(4)17-11-12-19(26-7-2)20(14-17)27-8-3/h11-12,14,16,18H,6-10,13,15H2,1-5H3,(H2,22,23,24). The van der Waals surface area contributed by atoms with Crippen molar-refractivity contribution in [2.45, 2.75) is 52.6 Å². The molecule has 2 rings (SSSR count). The molecule has 6 heteroatoms. The van der Waals surface area contributed by atoms with Crippen LogP contribution in [-0.4, -0.2) is 56.8 Å².